The number of hydrogen-bond acceptors (Lipinski definition) is 8. The zero-order valence-electron chi connectivity index (χ0n) is 19.2. The van der Waals surface area contributed by atoms with Crippen LogP contribution in [0.2, 0.25) is 0 Å². The lowest BCUT2D eigenvalue weighted by atomic mass is 10.2. The van der Waals surface area contributed by atoms with Crippen molar-refractivity contribution < 1.29 is 19.4 Å². The van der Waals surface area contributed by atoms with Crippen molar-refractivity contribution in [2.45, 2.75) is 13.0 Å². The lowest BCUT2D eigenvalue weighted by Crippen LogP contribution is -2.22. The number of hydrogen-bond donors (Lipinski definition) is 4. The summed E-state index contributed by atoms with van der Waals surface area (Å²) in [6.45, 7) is 2.23. The van der Waals surface area contributed by atoms with Gasteiger partial charge in [0, 0.05) is 24.5 Å². The van der Waals surface area contributed by atoms with Crippen LogP contribution in [0.15, 0.2) is 30.7 Å². The molecule has 0 bridgehead atoms. The topological polar surface area (TPSA) is 125 Å². The number of ether oxygens (including phenoxy) is 2. The van der Waals surface area contributed by atoms with E-state index in [0.717, 1.165) is 42.7 Å². The van der Waals surface area contributed by atoms with Crippen LogP contribution in [0.25, 0.3) is 11.0 Å². The number of anilines is 2. The molecule has 190 valence electrons. The molecule has 0 atom stereocenters. The minimum Gasteiger partial charge on any atom is -0.493 e. The molecule has 2 heterocycles. The van der Waals surface area contributed by atoms with E-state index in [1.54, 1.807) is 12.1 Å². The van der Waals surface area contributed by atoms with Crippen molar-refractivity contribution in [1.29, 1.82) is 0 Å². The van der Waals surface area contributed by atoms with Crippen molar-refractivity contribution in [2.75, 3.05) is 46.2 Å². The summed E-state index contributed by atoms with van der Waals surface area (Å²) in [4.78, 5) is 25.1. The van der Waals surface area contributed by atoms with Crippen molar-refractivity contribution in [3.63, 3.8) is 0 Å². The van der Waals surface area contributed by atoms with Gasteiger partial charge in [-0.25, -0.2) is 14.8 Å². The second-order valence-electron chi connectivity index (χ2n) is 7.13. The Hall–Kier alpha value is -2.50. The minimum absolute atomic E-state index is 0. The van der Waals surface area contributed by atoms with E-state index in [1.807, 2.05) is 19.3 Å². The van der Waals surface area contributed by atoms with Crippen LogP contribution in [0.1, 0.15) is 12.0 Å². The molecule has 0 fully saturated rings. The summed E-state index contributed by atoms with van der Waals surface area (Å²) in [5.41, 5.74) is 2.52. The van der Waals surface area contributed by atoms with Gasteiger partial charge in [0.05, 0.1) is 12.5 Å². The van der Waals surface area contributed by atoms with Crippen LogP contribution in [-0.4, -0.2) is 71.8 Å². The first kappa shape index (κ1) is 31.5. The number of aromatic nitrogens is 3. The Morgan fingerprint density at radius 3 is 2.65 bits per heavy atom. The second kappa shape index (κ2) is 15.4. The molecule has 0 aliphatic heterocycles. The number of carboxylic acids is 1. The highest BCUT2D eigenvalue weighted by Gasteiger charge is 2.14. The van der Waals surface area contributed by atoms with Crippen LogP contribution in [0.5, 0.6) is 11.5 Å². The van der Waals surface area contributed by atoms with E-state index in [0.29, 0.717) is 23.0 Å². The summed E-state index contributed by atoms with van der Waals surface area (Å²) < 4.78 is 10.6. The third-order valence-corrected chi connectivity index (χ3v) is 4.74. The first-order chi connectivity index (χ1) is 15.0. The Kier molecular flexibility index (Phi) is 14.3. The molecule has 13 heteroatoms. The summed E-state index contributed by atoms with van der Waals surface area (Å²) in [5.74, 6) is 0.372. The number of aromatic amines is 1. The fourth-order valence-corrected chi connectivity index (χ4v) is 3.29. The van der Waals surface area contributed by atoms with Crippen LogP contribution in [0.4, 0.5) is 11.5 Å². The molecule has 0 amide bonds. The number of benzene rings is 1. The molecule has 0 saturated heterocycles. The largest absolute Gasteiger partial charge is 0.493 e. The quantitative estimate of drug-likeness (QED) is 0.257. The minimum atomic E-state index is -1.06. The Morgan fingerprint density at radius 2 is 1.97 bits per heavy atom. The van der Waals surface area contributed by atoms with Crippen molar-refractivity contribution in [1.82, 2.24) is 25.2 Å². The van der Waals surface area contributed by atoms with Crippen molar-refractivity contribution >= 4 is 65.7 Å². The summed E-state index contributed by atoms with van der Waals surface area (Å²) in [6, 6.07) is 5.22. The first-order valence-electron chi connectivity index (χ1n) is 9.95. The molecule has 3 aromatic rings. The fraction of sp³-hybridized carbons (Fsp3) is 0.381. The number of halogens is 3. The van der Waals surface area contributed by atoms with E-state index in [2.05, 4.69) is 37.5 Å². The maximum atomic E-state index is 10.9. The number of rotatable bonds is 12. The Balaban J connectivity index is 0.00000363. The number of fused-ring (bicyclic) bond motifs is 1. The van der Waals surface area contributed by atoms with Gasteiger partial charge in [-0.3, -0.25) is 0 Å². The molecule has 3 rings (SSSR count). The molecular formula is C21H31Cl3N6O4. The van der Waals surface area contributed by atoms with Gasteiger partial charge in [-0.1, -0.05) is 0 Å². The number of carbonyl (C=O) groups is 1. The highest BCUT2D eigenvalue weighted by molar-refractivity contribution is 5.92. The maximum Gasteiger partial charge on any atom is 0.341 e. The number of methoxy groups -OCH3 is 1. The second-order valence-corrected chi connectivity index (χ2v) is 7.13. The van der Waals surface area contributed by atoms with E-state index in [1.165, 1.54) is 13.4 Å². The predicted molar refractivity (Wildman–Crippen MR) is 140 cm³/mol. The van der Waals surface area contributed by atoms with Crippen LogP contribution < -0.4 is 20.1 Å². The van der Waals surface area contributed by atoms with E-state index >= 15 is 0 Å². The van der Waals surface area contributed by atoms with Crippen LogP contribution >= 0.6 is 37.2 Å². The molecule has 10 nitrogen and oxygen atoms in total. The van der Waals surface area contributed by atoms with Gasteiger partial charge in [0.1, 0.15) is 17.8 Å². The zero-order chi connectivity index (χ0) is 22.2. The molecule has 0 saturated carbocycles. The molecule has 0 spiro atoms. The average Bonchev–Trinajstić information content (AvgIpc) is 3.16. The number of aliphatic carboxylic acids is 1. The normalized spacial score (nSPS) is 10.1. The Morgan fingerprint density at radius 1 is 1.21 bits per heavy atom. The third kappa shape index (κ3) is 8.37. The Labute approximate surface area is 217 Å². The third-order valence-electron chi connectivity index (χ3n) is 4.74. The number of nitrogens with zero attached hydrogens (tertiary/aromatic N) is 3. The SMILES string of the molecule is CNCCCN(C)Cc1c[nH]c2ncnc(Nc3ccc(OC)c(OCC(=O)O)c3)c12.Cl.Cl.Cl. The highest BCUT2D eigenvalue weighted by Crippen LogP contribution is 2.33. The lowest BCUT2D eigenvalue weighted by Gasteiger charge is -2.17. The smallest absolute Gasteiger partial charge is 0.341 e. The van der Waals surface area contributed by atoms with E-state index in [4.69, 9.17) is 14.6 Å². The first-order valence-corrected chi connectivity index (χ1v) is 9.95. The number of H-pyrrole nitrogens is 1. The number of nitrogens with one attached hydrogen (secondary N) is 3. The summed E-state index contributed by atoms with van der Waals surface area (Å²) >= 11 is 0. The summed E-state index contributed by atoms with van der Waals surface area (Å²) in [5, 5.41) is 16.3. The maximum absolute atomic E-state index is 10.9. The Bertz CT molecular complexity index is 1040. The van der Waals surface area contributed by atoms with Gasteiger partial charge < -0.3 is 35.1 Å². The van der Waals surface area contributed by atoms with Gasteiger partial charge in [-0.05, 0) is 51.3 Å². The fourth-order valence-electron chi connectivity index (χ4n) is 3.29. The zero-order valence-corrected chi connectivity index (χ0v) is 21.6. The summed E-state index contributed by atoms with van der Waals surface area (Å²) in [6.07, 6.45) is 4.50. The molecule has 34 heavy (non-hydrogen) atoms. The van der Waals surface area contributed by atoms with Gasteiger partial charge in [0.15, 0.2) is 18.1 Å². The molecule has 4 N–H and O–H groups in total. The predicted octanol–water partition coefficient (Wildman–Crippen LogP) is 3.48. The van der Waals surface area contributed by atoms with Crippen LogP contribution in [-0.2, 0) is 11.3 Å². The van der Waals surface area contributed by atoms with Gasteiger partial charge in [0.25, 0.3) is 0 Å². The van der Waals surface area contributed by atoms with Crippen molar-refractivity contribution in [2.24, 2.45) is 0 Å². The standard InChI is InChI=1S/C21H28N6O4.3ClH/c1-22-7-4-8-27(2)11-14-10-23-20-19(14)21(25-13-24-20)26-15-5-6-16(30-3)17(9-15)31-12-18(28)29;;;/h5-6,9-10,13,22H,4,7-8,11-12H2,1-3H3,(H,28,29)(H2,23,24,25,26);3*1H. The van der Waals surface area contributed by atoms with Gasteiger partial charge in [0.2, 0.25) is 0 Å². The van der Waals surface area contributed by atoms with E-state index in [-0.39, 0.29) is 37.2 Å². The average molecular weight is 538 g/mol. The van der Waals surface area contributed by atoms with Crippen molar-refractivity contribution in [3.05, 3.63) is 36.3 Å². The van der Waals surface area contributed by atoms with Crippen LogP contribution in [0.3, 0.4) is 0 Å². The van der Waals surface area contributed by atoms with Gasteiger partial charge in [-0.15, -0.1) is 37.2 Å². The lowest BCUT2D eigenvalue weighted by molar-refractivity contribution is -0.139. The molecule has 1 aromatic carbocycles. The van der Waals surface area contributed by atoms with Gasteiger partial charge >= 0.3 is 5.97 Å². The van der Waals surface area contributed by atoms with Crippen molar-refractivity contribution in [3.8, 4) is 11.5 Å². The molecule has 0 radical (unpaired) electrons. The monoisotopic (exact) mass is 536 g/mol. The summed E-state index contributed by atoms with van der Waals surface area (Å²) in [7, 11) is 5.54. The molecule has 0 aliphatic carbocycles. The van der Waals surface area contributed by atoms with E-state index < -0.39 is 12.6 Å². The molecule has 0 aliphatic rings. The van der Waals surface area contributed by atoms with Gasteiger partial charge in [-0.2, -0.15) is 0 Å². The molecule has 0 unspecified atom stereocenters. The molecule has 2 aromatic heterocycles. The van der Waals surface area contributed by atoms with E-state index in [9.17, 15) is 4.79 Å². The van der Waals surface area contributed by atoms with Crippen LogP contribution in [0, 0.1) is 0 Å². The molecular weight excluding hydrogens is 507 g/mol. The highest BCUT2D eigenvalue weighted by atomic mass is 35.5. The number of carboxylic acid groups (broad SMARTS) is 1.